The van der Waals surface area contributed by atoms with E-state index in [2.05, 4.69) is 4.98 Å². The number of nitrogens with one attached hydrogen (secondary N) is 1. The molecule has 1 aliphatic rings. The van der Waals surface area contributed by atoms with E-state index in [1.54, 1.807) is 6.20 Å². The van der Waals surface area contributed by atoms with Crippen LogP contribution in [0.1, 0.15) is 16.8 Å². The van der Waals surface area contributed by atoms with Gasteiger partial charge in [0.25, 0.3) is 0 Å². The highest BCUT2D eigenvalue weighted by molar-refractivity contribution is 6.00. The average molecular weight is 261 g/mol. The molecule has 1 aromatic carbocycles. The molecule has 3 rings (SSSR count). The lowest BCUT2D eigenvalue weighted by Crippen LogP contribution is -2.38. The van der Waals surface area contributed by atoms with E-state index >= 15 is 0 Å². The number of rotatable bonds is 2. The highest BCUT2D eigenvalue weighted by Crippen LogP contribution is 2.27. The highest BCUT2D eigenvalue weighted by Gasteiger charge is 2.28. The zero-order valence-corrected chi connectivity index (χ0v) is 10.3. The molecule has 0 bridgehead atoms. The smallest absolute Gasteiger partial charge is 0.241 e. The molecule has 1 N–H and O–H groups in total. The van der Waals surface area contributed by atoms with E-state index in [9.17, 15) is 9.18 Å². The van der Waals surface area contributed by atoms with Crippen molar-refractivity contribution in [1.82, 2.24) is 4.98 Å². The van der Waals surface area contributed by atoms with Crippen LogP contribution in [0.25, 0.3) is 0 Å². The van der Waals surface area contributed by atoms with E-state index < -0.39 is 0 Å². The second-order valence-electron chi connectivity index (χ2n) is 4.65. The van der Waals surface area contributed by atoms with Gasteiger partial charge in [-0.3, -0.25) is 9.78 Å². The molecule has 4 nitrogen and oxygen atoms in total. The van der Waals surface area contributed by atoms with Gasteiger partial charge in [-0.25, -0.2) is 8.96 Å². The van der Waals surface area contributed by atoms with Crippen molar-refractivity contribution in [1.29, 1.82) is 0 Å². The van der Waals surface area contributed by atoms with Gasteiger partial charge in [-0.05, 0) is 18.6 Å². The first-order valence-corrected chi connectivity index (χ1v) is 6.22. The number of Topliss-reactive ketones (excluding diaryl/α,β-unsaturated/α-hetero) is 1. The van der Waals surface area contributed by atoms with Gasteiger partial charge in [0.15, 0.2) is 5.78 Å². The van der Waals surface area contributed by atoms with Crippen molar-refractivity contribution in [2.75, 3.05) is 6.61 Å². The molecule has 0 spiro atoms. The Kier molecular flexibility index (Phi) is 3.03. The Morgan fingerprint density at radius 3 is 3.16 bits per heavy atom. The van der Waals surface area contributed by atoms with Crippen LogP contribution in [0.15, 0.2) is 36.9 Å². The maximum atomic E-state index is 13.2. The van der Waals surface area contributed by atoms with Crippen LogP contribution >= 0.6 is 0 Å². The van der Waals surface area contributed by atoms with Crippen molar-refractivity contribution in [3.05, 3.63) is 48.3 Å². The fourth-order valence-electron chi connectivity index (χ4n) is 2.34. The maximum Gasteiger partial charge on any atom is 0.241 e. The van der Waals surface area contributed by atoms with E-state index in [1.165, 1.54) is 18.2 Å². The summed E-state index contributed by atoms with van der Waals surface area (Å²) >= 11 is 0. The molecule has 1 atom stereocenters. The van der Waals surface area contributed by atoms with Crippen LogP contribution in [0.4, 0.5) is 4.39 Å². The SMILES string of the molecule is O=C1c2ccc(F)cc2OCCC1C[n+]1cc[nH]c1. The minimum absolute atomic E-state index is 0.0150. The van der Waals surface area contributed by atoms with Gasteiger partial charge in [0, 0.05) is 6.07 Å². The second-order valence-corrected chi connectivity index (χ2v) is 4.65. The summed E-state index contributed by atoms with van der Waals surface area (Å²) < 4.78 is 20.6. The van der Waals surface area contributed by atoms with E-state index in [-0.39, 0.29) is 17.5 Å². The van der Waals surface area contributed by atoms with Crippen LogP contribution in [0.3, 0.4) is 0 Å². The van der Waals surface area contributed by atoms with Gasteiger partial charge in [-0.2, -0.15) is 0 Å². The molecular formula is C14H14FN2O2+. The molecule has 1 aromatic heterocycles. The van der Waals surface area contributed by atoms with Crippen molar-refractivity contribution >= 4 is 5.78 Å². The van der Waals surface area contributed by atoms with Crippen molar-refractivity contribution in [2.24, 2.45) is 5.92 Å². The van der Waals surface area contributed by atoms with Crippen LogP contribution < -0.4 is 9.30 Å². The number of hydrogen-bond donors (Lipinski definition) is 1. The standard InChI is InChI=1S/C14H13FN2O2/c15-11-1-2-12-13(7-11)19-6-3-10(14(12)18)8-17-5-4-16-9-17/h1-2,4-5,7,9-10H,3,6,8H2/p+1. The Morgan fingerprint density at radius 2 is 2.37 bits per heavy atom. The van der Waals surface area contributed by atoms with Gasteiger partial charge in [0.1, 0.15) is 30.5 Å². The molecule has 0 radical (unpaired) electrons. The average Bonchev–Trinajstić information content (AvgIpc) is 2.85. The van der Waals surface area contributed by atoms with Crippen molar-refractivity contribution < 1.29 is 18.5 Å². The third kappa shape index (κ3) is 2.36. The number of aromatic nitrogens is 2. The predicted molar refractivity (Wildman–Crippen MR) is 65.3 cm³/mol. The fraction of sp³-hybridized carbons (Fsp3) is 0.286. The van der Waals surface area contributed by atoms with Gasteiger partial charge >= 0.3 is 0 Å². The lowest BCUT2D eigenvalue weighted by atomic mass is 9.95. The maximum absolute atomic E-state index is 13.2. The van der Waals surface area contributed by atoms with Crippen LogP contribution in [-0.4, -0.2) is 17.4 Å². The minimum Gasteiger partial charge on any atom is -0.493 e. The molecular weight excluding hydrogens is 247 g/mol. The largest absolute Gasteiger partial charge is 0.493 e. The molecule has 0 saturated heterocycles. The number of benzene rings is 1. The topological polar surface area (TPSA) is 46.0 Å². The number of ketones is 1. The Balaban J connectivity index is 1.89. The summed E-state index contributed by atoms with van der Waals surface area (Å²) in [4.78, 5) is 15.4. The monoisotopic (exact) mass is 261 g/mol. The summed E-state index contributed by atoms with van der Waals surface area (Å²) in [6.07, 6.45) is 6.13. The Bertz CT molecular complexity index is 595. The molecule has 2 aromatic rings. The van der Waals surface area contributed by atoms with Gasteiger partial charge < -0.3 is 4.74 Å². The first-order valence-electron chi connectivity index (χ1n) is 6.22. The van der Waals surface area contributed by atoms with Crippen LogP contribution in [0.2, 0.25) is 0 Å². The Labute approximate surface area is 109 Å². The van der Waals surface area contributed by atoms with Gasteiger partial charge in [0.2, 0.25) is 6.33 Å². The number of aromatic amines is 1. The number of ether oxygens (including phenoxy) is 1. The van der Waals surface area contributed by atoms with E-state index in [0.29, 0.717) is 30.9 Å². The number of nitrogens with zero attached hydrogens (tertiary/aromatic N) is 1. The minimum atomic E-state index is -0.384. The zero-order valence-electron chi connectivity index (χ0n) is 10.3. The lowest BCUT2D eigenvalue weighted by molar-refractivity contribution is -0.699. The quantitative estimate of drug-likeness (QED) is 0.837. The summed E-state index contributed by atoms with van der Waals surface area (Å²) in [5.74, 6) is -0.162. The van der Waals surface area contributed by atoms with Crippen LogP contribution in [-0.2, 0) is 6.54 Å². The summed E-state index contributed by atoms with van der Waals surface area (Å²) in [5, 5.41) is 0. The number of hydrogen-bond acceptors (Lipinski definition) is 2. The molecule has 0 amide bonds. The number of halogens is 1. The van der Waals surface area contributed by atoms with E-state index in [0.717, 1.165) is 0 Å². The van der Waals surface area contributed by atoms with E-state index in [1.807, 2.05) is 17.1 Å². The molecule has 1 unspecified atom stereocenters. The number of fused-ring (bicyclic) bond motifs is 1. The van der Waals surface area contributed by atoms with Crippen molar-refractivity contribution in [3.8, 4) is 5.75 Å². The fourth-order valence-corrected chi connectivity index (χ4v) is 2.34. The summed E-state index contributed by atoms with van der Waals surface area (Å²) in [5.41, 5.74) is 0.472. The molecule has 0 aliphatic carbocycles. The zero-order chi connectivity index (χ0) is 13.2. The van der Waals surface area contributed by atoms with Gasteiger partial charge in [-0.15, -0.1) is 0 Å². The molecule has 0 fully saturated rings. The lowest BCUT2D eigenvalue weighted by Gasteiger charge is -2.09. The molecule has 98 valence electrons. The predicted octanol–water partition coefficient (Wildman–Crippen LogP) is 1.72. The van der Waals surface area contributed by atoms with E-state index in [4.69, 9.17) is 4.74 Å². The number of carbonyl (C=O) groups is 1. The van der Waals surface area contributed by atoms with Gasteiger partial charge in [-0.1, -0.05) is 0 Å². The normalized spacial score (nSPS) is 18.6. The molecule has 0 saturated carbocycles. The first kappa shape index (κ1) is 11.9. The Hall–Kier alpha value is -2.17. The van der Waals surface area contributed by atoms with Crippen LogP contribution in [0, 0.1) is 11.7 Å². The molecule has 2 heterocycles. The van der Waals surface area contributed by atoms with Gasteiger partial charge in [0.05, 0.1) is 18.1 Å². The third-order valence-corrected chi connectivity index (χ3v) is 3.34. The van der Waals surface area contributed by atoms with Crippen molar-refractivity contribution in [3.63, 3.8) is 0 Å². The van der Waals surface area contributed by atoms with Crippen LogP contribution in [0.5, 0.6) is 5.75 Å². The van der Waals surface area contributed by atoms with Crippen molar-refractivity contribution in [2.45, 2.75) is 13.0 Å². The molecule has 5 heteroatoms. The summed E-state index contributed by atoms with van der Waals surface area (Å²) in [7, 11) is 0. The number of H-pyrrole nitrogens is 1. The summed E-state index contributed by atoms with van der Waals surface area (Å²) in [6, 6.07) is 4.08. The molecule has 1 aliphatic heterocycles. The first-order chi connectivity index (χ1) is 9.24. The number of carbonyl (C=O) groups excluding carboxylic acids is 1. The number of imidazole rings is 1. The molecule has 19 heavy (non-hydrogen) atoms. The Morgan fingerprint density at radius 1 is 1.47 bits per heavy atom. The second kappa shape index (κ2) is 4.84. The highest BCUT2D eigenvalue weighted by atomic mass is 19.1. The third-order valence-electron chi connectivity index (χ3n) is 3.34. The summed E-state index contributed by atoms with van der Waals surface area (Å²) in [6.45, 7) is 1.03.